The van der Waals surface area contributed by atoms with Crippen LogP contribution in [0, 0.1) is 11.6 Å². The van der Waals surface area contributed by atoms with Crippen molar-refractivity contribution < 1.29 is 37.4 Å². The Morgan fingerprint density at radius 2 is 1.62 bits per heavy atom. The Bertz CT molecular complexity index is 697. The second-order valence-electron chi connectivity index (χ2n) is 4.81. The van der Waals surface area contributed by atoms with E-state index in [1.807, 2.05) is 0 Å². The lowest BCUT2D eigenvalue weighted by molar-refractivity contribution is -0.146. The van der Waals surface area contributed by atoms with E-state index in [-0.39, 0.29) is 24.5 Å². The molecule has 1 aromatic carbocycles. The molecule has 1 aromatic rings. The summed E-state index contributed by atoms with van der Waals surface area (Å²) in [5.41, 5.74) is -0.753. The molecule has 0 aliphatic rings. The van der Waals surface area contributed by atoms with Crippen molar-refractivity contribution in [2.75, 3.05) is 18.5 Å². The highest BCUT2D eigenvalue weighted by atomic mass is 19.2. The molecule has 0 saturated carbocycles. The molecule has 0 aliphatic heterocycles. The van der Waals surface area contributed by atoms with Gasteiger partial charge in [-0.25, -0.2) is 18.4 Å². The van der Waals surface area contributed by atoms with Crippen molar-refractivity contribution in [1.82, 2.24) is 0 Å². The minimum atomic E-state index is -1.22. The molecule has 0 radical (unpaired) electrons. The summed E-state index contributed by atoms with van der Waals surface area (Å²) < 4.78 is 41.6. The van der Waals surface area contributed by atoms with E-state index in [9.17, 15) is 23.2 Å². The minimum Gasteiger partial charge on any atom is -0.462 e. The normalized spacial score (nSPS) is 9.88. The van der Waals surface area contributed by atoms with Gasteiger partial charge in [-0.1, -0.05) is 0 Å². The Morgan fingerprint density at radius 3 is 2.12 bits per heavy atom. The van der Waals surface area contributed by atoms with Crippen LogP contribution in [0.2, 0.25) is 0 Å². The first kappa shape index (κ1) is 21.1. The minimum absolute atomic E-state index is 0.00348. The average Bonchev–Trinajstić information content (AvgIpc) is 2.57. The fourth-order valence-electron chi connectivity index (χ4n) is 1.81. The standard InChI is InChI=1S/C17H19F2NO6/c1-4-24-16(22)11(17(23)25-5-2)8-20-14-7-6-13(18)15(19)12(14)9-26-10(3)21/h6-8,20H,4-5,9H2,1-3H3. The molecular formula is C17H19F2NO6. The summed E-state index contributed by atoms with van der Waals surface area (Å²) in [6, 6.07) is 2.01. The summed E-state index contributed by atoms with van der Waals surface area (Å²) in [7, 11) is 0. The first-order valence-corrected chi connectivity index (χ1v) is 7.72. The number of hydrogen-bond acceptors (Lipinski definition) is 7. The van der Waals surface area contributed by atoms with Crippen molar-refractivity contribution >= 4 is 23.6 Å². The zero-order valence-corrected chi connectivity index (χ0v) is 14.6. The lowest BCUT2D eigenvalue weighted by Crippen LogP contribution is -2.19. The molecule has 0 spiro atoms. The number of rotatable bonds is 8. The second-order valence-corrected chi connectivity index (χ2v) is 4.81. The van der Waals surface area contributed by atoms with Crippen LogP contribution in [0.25, 0.3) is 0 Å². The number of nitrogens with one attached hydrogen (secondary N) is 1. The molecule has 0 aliphatic carbocycles. The first-order valence-electron chi connectivity index (χ1n) is 7.72. The molecule has 0 amide bonds. The van der Waals surface area contributed by atoms with Gasteiger partial charge in [0.05, 0.1) is 18.8 Å². The smallest absolute Gasteiger partial charge is 0.347 e. The molecule has 26 heavy (non-hydrogen) atoms. The highest BCUT2D eigenvalue weighted by Gasteiger charge is 2.22. The first-order chi connectivity index (χ1) is 12.3. The number of hydrogen-bond donors (Lipinski definition) is 1. The van der Waals surface area contributed by atoms with E-state index < -0.39 is 41.7 Å². The Labute approximate surface area is 148 Å². The number of esters is 3. The lowest BCUT2D eigenvalue weighted by Gasteiger charge is -2.12. The van der Waals surface area contributed by atoms with Crippen LogP contribution in [-0.2, 0) is 35.2 Å². The van der Waals surface area contributed by atoms with Crippen LogP contribution in [-0.4, -0.2) is 31.1 Å². The van der Waals surface area contributed by atoms with Crippen LogP contribution in [0.3, 0.4) is 0 Å². The maximum Gasteiger partial charge on any atom is 0.347 e. The van der Waals surface area contributed by atoms with Crippen LogP contribution >= 0.6 is 0 Å². The average molecular weight is 371 g/mol. The predicted molar refractivity (Wildman–Crippen MR) is 86.8 cm³/mol. The fourth-order valence-corrected chi connectivity index (χ4v) is 1.81. The van der Waals surface area contributed by atoms with Crippen LogP contribution < -0.4 is 5.32 Å². The van der Waals surface area contributed by atoms with Crippen molar-refractivity contribution in [2.24, 2.45) is 0 Å². The van der Waals surface area contributed by atoms with Gasteiger partial charge in [-0.2, -0.15) is 0 Å². The van der Waals surface area contributed by atoms with E-state index in [1.165, 1.54) is 6.07 Å². The third kappa shape index (κ3) is 5.83. The number of carbonyl (C=O) groups is 3. The SMILES string of the molecule is CCOC(=O)C(=CNc1ccc(F)c(F)c1COC(C)=O)C(=O)OCC. The van der Waals surface area contributed by atoms with Gasteiger partial charge in [-0.15, -0.1) is 0 Å². The van der Waals surface area contributed by atoms with E-state index in [2.05, 4.69) is 5.32 Å². The molecule has 1 N–H and O–H groups in total. The van der Waals surface area contributed by atoms with Crippen molar-refractivity contribution in [3.8, 4) is 0 Å². The van der Waals surface area contributed by atoms with E-state index in [0.29, 0.717) is 0 Å². The molecule has 0 aromatic heterocycles. The van der Waals surface area contributed by atoms with Gasteiger partial charge in [0, 0.05) is 18.8 Å². The molecule has 1 rings (SSSR count). The summed E-state index contributed by atoms with van der Waals surface area (Å²) >= 11 is 0. The van der Waals surface area contributed by atoms with Gasteiger partial charge in [0.15, 0.2) is 17.2 Å². The molecule has 0 bridgehead atoms. The summed E-state index contributed by atoms with van der Waals surface area (Å²) in [6.07, 6.45) is 0.958. The summed E-state index contributed by atoms with van der Waals surface area (Å²) in [5.74, 6) is -4.94. The topological polar surface area (TPSA) is 90.9 Å². The van der Waals surface area contributed by atoms with Crippen LogP contribution in [0.1, 0.15) is 26.3 Å². The molecule has 9 heteroatoms. The second kappa shape index (κ2) is 10.1. The van der Waals surface area contributed by atoms with Gasteiger partial charge in [0.1, 0.15) is 6.61 Å². The quantitative estimate of drug-likeness (QED) is 0.247. The Hall–Kier alpha value is -2.97. The van der Waals surface area contributed by atoms with E-state index in [4.69, 9.17) is 14.2 Å². The molecule has 0 fully saturated rings. The van der Waals surface area contributed by atoms with Crippen molar-refractivity contribution in [3.05, 3.63) is 41.1 Å². The third-order valence-corrected chi connectivity index (χ3v) is 2.98. The number of anilines is 1. The fraction of sp³-hybridized carbons (Fsp3) is 0.353. The van der Waals surface area contributed by atoms with E-state index in [0.717, 1.165) is 19.2 Å². The highest BCUT2D eigenvalue weighted by molar-refractivity contribution is 6.14. The van der Waals surface area contributed by atoms with Gasteiger partial charge < -0.3 is 19.5 Å². The molecule has 0 heterocycles. The number of ether oxygens (including phenoxy) is 3. The van der Waals surface area contributed by atoms with Gasteiger partial charge in [0.25, 0.3) is 0 Å². The van der Waals surface area contributed by atoms with E-state index in [1.54, 1.807) is 13.8 Å². The zero-order valence-electron chi connectivity index (χ0n) is 14.6. The lowest BCUT2D eigenvalue weighted by atomic mass is 10.1. The number of benzene rings is 1. The van der Waals surface area contributed by atoms with Crippen molar-refractivity contribution in [3.63, 3.8) is 0 Å². The van der Waals surface area contributed by atoms with Gasteiger partial charge >= 0.3 is 17.9 Å². The van der Waals surface area contributed by atoms with Crippen LogP contribution in [0.4, 0.5) is 14.5 Å². The predicted octanol–water partition coefficient (Wildman–Crippen LogP) is 2.45. The van der Waals surface area contributed by atoms with Gasteiger partial charge in [-0.05, 0) is 26.0 Å². The third-order valence-electron chi connectivity index (χ3n) is 2.98. The largest absolute Gasteiger partial charge is 0.462 e. The Morgan fingerprint density at radius 1 is 1.04 bits per heavy atom. The zero-order chi connectivity index (χ0) is 19.7. The van der Waals surface area contributed by atoms with Crippen molar-refractivity contribution in [2.45, 2.75) is 27.4 Å². The van der Waals surface area contributed by atoms with Crippen LogP contribution in [0.5, 0.6) is 0 Å². The summed E-state index contributed by atoms with van der Waals surface area (Å²) in [5, 5.41) is 2.52. The monoisotopic (exact) mass is 371 g/mol. The maximum atomic E-state index is 14.0. The van der Waals surface area contributed by atoms with E-state index >= 15 is 0 Å². The summed E-state index contributed by atoms with van der Waals surface area (Å²) in [6.45, 7) is 3.74. The molecule has 0 atom stereocenters. The highest BCUT2D eigenvalue weighted by Crippen LogP contribution is 2.23. The van der Waals surface area contributed by atoms with Gasteiger partial charge in [0.2, 0.25) is 0 Å². The molecular weight excluding hydrogens is 352 g/mol. The number of halogens is 2. The number of carbonyl (C=O) groups excluding carboxylic acids is 3. The Balaban J connectivity index is 3.18. The molecule has 0 saturated heterocycles. The molecule has 7 nitrogen and oxygen atoms in total. The van der Waals surface area contributed by atoms with Crippen LogP contribution in [0.15, 0.2) is 23.9 Å². The maximum absolute atomic E-state index is 14.0. The molecule has 0 unspecified atom stereocenters. The summed E-state index contributed by atoms with van der Waals surface area (Å²) in [4.78, 5) is 34.7. The van der Waals surface area contributed by atoms with Gasteiger partial charge in [-0.3, -0.25) is 4.79 Å². The Kier molecular flexibility index (Phi) is 8.20. The van der Waals surface area contributed by atoms with Crippen molar-refractivity contribution in [1.29, 1.82) is 0 Å². The molecule has 142 valence electrons.